The van der Waals surface area contributed by atoms with Gasteiger partial charge in [-0.25, -0.2) is 4.79 Å². The Morgan fingerprint density at radius 1 is 1.44 bits per heavy atom. The SMILES string of the molecule is CC1(C)C(=O)Nc2cc(Br)c(C(=O)O)cc21. The molecule has 0 aromatic heterocycles. The van der Waals surface area contributed by atoms with Gasteiger partial charge in [0.05, 0.1) is 11.0 Å². The minimum absolute atomic E-state index is 0.114. The van der Waals surface area contributed by atoms with Crippen molar-refractivity contribution in [1.82, 2.24) is 0 Å². The molecule has 0 saturated carbocycles. The molecule has 0 unspecified atom stereocenters. The first-order chi connectivity index (χ1) is 7.34. The molecule has 84 valence electrons. The zero-order valence-corrected chi connectivity index (χ0v) is 10.4. The van der Waals surface area contributed by atoms with E-state index in [0.717, 1.165) is 5.56 Å². The van der Waals surface area contributed by atoms with E-state index < -0.39 is 11.4 Å². The van der Waals surface area contributed by atoms with Crippen LogP contribution in [-0.2, 0) is 10.2 Å². The normalized spacial score (nSPS) is 16.8. The van der Waals surface area contributed by atoms with Gasteiger partial charge in [-0.15, -0.1) is 0 Å². The third kappa shape index (κ3) is 1.43. The molecule has 1 heterocycles. The van der Waals surface area contributed by atoms with Crippen molar-refractivity contribution in [3.05, 3.63) is 27.7 Å². The number of aromatic carboxylic acids is 1. The summed E-state index contributed by atoms with van der Waals surface area (Å²) >= 11 is 3.18. The molecule has 2 N–H and O–H groups in total. The Labute approximate surface area is 101 Å². The molecule has 0 bridgehead atoms. The molecule has 0 saturated heterocycles. The Kier molecular flexibility index (Phi) is 2.31. The fraction of sp³-hybridized carbons (Fsp3) is 0.273. The van der Waals surface area contributed by atoms with E-state index >= 15 is 0 Å². The first kappa shape index (κ1) is 11.1. The fourth-order valence-corrected chi connectivity index (χ4v) is 2.27. The molecule has 1 aromatic carbocycles. The molecule has 1 aliphatic rings. The lowest BCUT2D eigenvalue weighted by atomic mass is 9.85. The van der Waals surface area contributed by atoms with Gasteiger partial charge < -0.3 is 10.4 Å². The number of fused-ring (bicyclic) bond motifs is 1. The number of amides is 1. The molecular weight excluding hydrogens is 274 g/mol. The van der Waals surface area contributed by atoms with E-state index in [1.54, 1.807) is 26.0 Å². The predicted octanol–water partition coefficient (Wildman–Crippen LogP) is 2.38. The molecule has 1 aromatic rings. The Morgan fingerprint density at radius 2 is 2.06 bits per heavy atom. The number of hydrogen-bond acceptors (Lipinski definition) is 2. The van der Waals surface area contributed by atoms with E-state index in [1.165, 1.54) is 0 Å². The van der Waals surface area contributed by atoms with Crippen molar-refractivity contribution in [2.24, 2.45) is 0 Å². The van der Waals surface area contributed by atoms with Crippen LogP contribution in [0, 0.1) is 0 Å². The molecule has 5 heteroatoms. The first-order valence-corrected chi connectivity index (χ1v) is 5.52. The Hall–Kier alpha value is -1.36. The number of carboxylic acid groups (broad SMARTS) is 1. The molecule has 0 spiro atoms. The molecule has 1 aliphatic heterocycles. The number of hydrogen-bond donors (Lipinski definition) is 2. The minimum Gasteiger partial charge on any atom is -0.478 e. The second kappa shape index (κ2) is 3.31. The second-order valence-electron chi connectivity index (χ2n) is 4.26. The number of nitrogens with one attached hydrogen (secondary N) is 1. The quantitative estimate of drug-likeness (QED) is 0.832. The van der Waals surface area contributed by atoms with Crippen LogP contribution in [0.1, 0.15) is 29.8 Å². The Balaban J connectivity index is 2.67. The van der Waals surface area contributed by atoms with Crippen molar-refractivity contribution < 1.29 is 14.7 Å². The van der Waals surface area contributed by atoms with E-state index in [9.17, 15) is 9.59 Å². The molecule has 1 amide bonds. The van der Waals surface area contributed by atoms with Gasteiger partial charge in [0, 0.05) is 10.2 Å². The van der Waals surface area contributed by atoms with Gasteiger partial charge in [-0.1, -0.05) is 0 Å². The van der Waals surface area contributed by atoms with E-state index in [-0.39, 0.29) is 11.5 Å². The minimum atomic E-state index is -1.01. The van der Waals surface area contributed by atoms with Crippen molar-refractivity contribution in [2.45, 2.75) is 19.3 Å². The van der Waals surface area contributed by atoms with Crippen LogP contribution < -0.4 is 5.32 Å². The highest BCUT2D eigenvalue weighted by Crippen LogP contribution is 2.40. The number of carbonyl (C=O) groups is 2. The maximum Gasteiger partial charge on any atom is 0.336 e. The van der Waals surface area contributed by atoms with Gasteiger partial charge in [-0.3, -0.25) is 4.79 Å². The molecule has 0 radical (unpaired) electrons. The lowest BCUT2D eigenvalue weighted by Gasteiger charge is -2.15. The van der Waals surface area contributed by atoms with Gasteiger partial charge in [0.15, 0.2) is 0 Å². The zero-order valence-electron chi connectivity index (χ0n) is 8.80. The summed E-state index contributed by atoms with van der Waals surface area (Å²) in [6, 6.07) is 3.17. The summed E-state index contributed by atoms with van der Waals surface area (Å²) in [6.07, 6.45) is 0. The number of carbonyl (C=O) groups excluding carboxylic acids is 1. The molecule has 2 rings (SSSR count). The highest BCUT2D eigenvalue weighted by atomic mass is 79.9. The van der Waals surface area contributed by atoms with E-state index in [0.29, 0.717) is 10.2 Å². The van der Waals surface area contributed by atoms with E-state index in [1.807, 2.05) is 0 Å². The summed E-state index contributed by atoms with van der Waals surface area (Å²) in [4.78, 5) is 22.7. The van der Waals surface area contributed by atoms with Gasteiger partial charge in [0.25, 0.3) is 0 Å². The van der Waals surface area contributed by atoms with Crippen LogP contribution in [0.25, 0.3) is 0 Å². The van der Waals surface area contributed by atoms with Crippen LogP contribution in [0.2, 0.25) is 0 Å². The molecule has 4 nitrogen and oxygen atoms in total. The summed E-state index contributed by atoms with van der Waals surface area (Å²) in [5.74, 6) is -1.12. The van der Waals surface area contributed by atoms with Gasteiger partial charge in [0.2, 0.25) is 5.91 Å². The van der Waals surface area contributed by atoms with Crippen molar-refractivity contribution in [3.8, 4) is 0 Å². The highest BCUT2D eigenvalue weighted by Gasteiger charge is 2.39. The van der Waals surface area contributed by atoms with Crippen molar-refractivity contribution in [1.29, 1.82) is 0 Å². The summed E-state index contributed by atoms with van der Waals surface area (Å²) in [7, 11) is 0. The van der Waals surface area contributed by atoms with E-state index in [2.05, 4.69) is 21.2 Å². The van der Waals surface area contributed by atoms with Crippen LogP contribution in [0.4, 0.5) is 5.69 Å². The standard InChI is InChI=1S/C11H10BrNO3/c1-11(2)6-3-5(9(14)15)7(12)4-8(6)13-10(11)16/h3-4H,1-2H3,(H,13,16)(H,14,15). The maximum atomic E-state index is 11.7. The number of anilines is 1. The first-order valence-electron chi connectivity index (χ1n) is 4.73. The predicted molar refractivity (Wildman–Crippen MR) is 62.8 cm³/mol. The fourth-order valence-electron chi connectivity index (χ4n) is 1.76. The van der Waals surface area contributed by atoms with E-state index in [4.69, 9.17) is 5.11 Å². The summed E-state index contributed by atoms with van der Waals surface area (Å²) in [5.41, 5.74) is 0.883. The van der Waals surface area contributed by atoms with Gasteiger partial charge in [0.1, 0.15) is 0 Å². The van der Waals surface area contributed by atoms with Crippen LogP contribution in [0.15, 0.2) is 16.6 Å². The van der Waals surface area contributed by atoms with Crippen LogP contribution in [0.5, 0.6) is 0 Å². The summed E-state index contributed by atoms with van der Waals surface area (Å²) < 4.78 is 0.469. The van der Waals surface area contributed by atoms with Gasteiger partial charge >= 0.3 is 5.97 Å². The van der Waals surface area contributed by atoms with Crippen molar-refractivity contribution in [3.63, 3.8) is 0 Å². The third-order valence-electron chi connectivity index (χ3n) is 2.83. The van der Waals surface area contributed by atoms with Gasteiger partial charge in [-0.2, -0.15) is 0 Å². The number of halogens is 1. The summed E-state index contributed by atoms with van der Waals surface area (Å²) in [5, 5.41) is 11.7. The average molecular weight is 284 g/mol. The zero-order chi connectivity index (χ0) is 12.1. The Bertz CT molecular complexity index is 508. The number of carboxylic acids is 1. The third-order valence-corrected chi connectivity index (χ3v) is 3.48. The Morgan fingerprint density at radius 3 is 2.62 bits per heavy atom. The largest absolute Gasteiger partial charge is 0.478 e. The molecule has 0 atom stereocenters. The lowest BCUT2D eigenvalue weighted by Crippen LogP contribution is -2.27. The monoisotopic (exact) mass is 283 g/mol. The van der Waals surface area contributed by atoms with Crippen LogP contribution >= 0.6 is 15.9 Å². The highest BCUT2D eigenvalue weighted by molar-refractivity contribution is 9.10. The lowest BCUT2D eigenvalue weighted by molar-refractivity contribution is -0.119. The maximum absolute atomic E-state index is 11.7. The van der Waals surface area contributed by atoms with Crippen LogP contribution in [-0.4, -0.2) is 17.0 Å². The second-order valence-corrected chi connectivity index (χ2v) is 5.12. The topological polar surface area (TPSA) is 66.4 Å². The molecular formula is C11H10BrNO3. The van der Waals surface area contributed by atoms with Gasteiger partial charge in [-0.05, 0) is 47.5 Å². The molecule has 16 heavy (non-hydrogen) atoms. The summed E-state index contributed by atoms with van der Waals surface area (Å²) in [6.45, 7) is 3.54. The average Bonchev–Trinajstić information content (AvgIpc) is 2.36. The molecule has 0 aliphatic carbocycles. The number of rotatable bonds is 1. The molecule has 0 fully saturated rings. The van der Waals surface area contributed by atoms with Crippen molar-refractivity contribution in [2.75, 3.05) is 5.32 Å². The smallest absolute Gasteiger partial charge is 0.336 e. The number of benzene rings is 1. The van der Waals surface area contributed by atoms with Crippen LogP contribution in [0.3, 0.4) is 0 Å². The van der Waals surface area contributed by atoms with Crippen molar-refractivity contribution >= 4 is 33.5 Å².